The third-order valence-corrected chi connectivity index (χ3v) is 3.49. The van der Waals surface area contributed by atoms with Crippen LogP contribution in [0.4, 0.5) is 5.69 Å². The fourth-order valence-electron chi connectivity index (χ4n) is 2.41. The molecule has 2 aromatic rings. The summed E-state index contributed by atoms with van der Waals surface area (Å²) in [4.78, 5) is 25.9. The fourth-order valence-corrected chi connectivity index (χ4v) is 2.41. The monoisotopic (exact) mass is 287 g/mol. The van der Waals surface area contributed by atoms with Crippen molar-refractivity contribution in [2.24, 2.45) is 0 Å². The van der Waals surface area contributed by atoms with E-state index in [0.29, 0.717) is 5.58 Å². The van der Waals surface area contributed by atoms with Crippen LogP contribution in [0.5, 0.6) is 0 Å². The average Bonchev–Trinajstić information content (AvgIpc) is 2.49. The number of carbonyl (C=O) groups is 1. The molecule has 2 N–H and O–H groups in total. The second-order valence-electron chi connectivity index (χ2n) is 5.06. The maximum absolute atomic E-state index is 12.0. The van der Waals surface area contributed by atoms with E-state index in [1.54, 1.807) is 18.2 Å². The van der Waals surface area contributed by atoms with E-state index in [0.717, 1.165) is 31.6 Å². The molecular weight excluding hydrogens is 270 g/mol. The summed E-state index contributed by atoms with van der Waals surface area (Å²) in [7, 11) is 0. The summed E-state index contributed by atoms with van der Waals surface area (Å²) in [5, 5.41) is 6.66. The van der Waals surface area contributed by atoms with Crippen molar-refractivity contribution >= 4 is 22.6 Å². The zero-order valence-electron chi connectivity index (χ0n) is 11.6. The standard InChI is InChI=1S/C15H17N3O3/c19-14(10-18-7-5-16-6-8-18)17-12-9-11-3-1-2-4-13(11)21-15(12)20/h1-4,9,16H,5-8,10H2,(H,17,19). The summed E-state index contributed by atoms with van der Waals surface area (Å²) in [6.45, 7) is 3.71. The molecule has 6 heteroatoms. The minimum absolute atomic E-state index is 0.189. The molecule has 110 valence electrons. The smallest absolute Gasteiger partial charge is 0.360 e. The van der Waals surface area contributed by atoms with Gasteiger partial charge in [-0.05, 0) is 12.1 Å². The number of benzene rings is 1. The Kier molecular flexibility index (Phi) is 3.98. The molecule has 3 rings (SSSR count). The number of hydrogen-bond acceptors (Lipinski definition) is 5. The molecule has 1 aromatic heterocycles. The molecule has 0 bridgehead atoms. The third-order valence-electron chi connectivity index (χ3n) is 3.49. The second kappa shape index (κ2) is 6.07. The molecule has 0 aliphatic carbocycles. The van der Waals surface area contributed by atoms with Gasteiger partial charge in [0.15, 0.2) is 0 Å². The first-order chi connectivity index (χ1) is 10.2. The van der Waals surface area contributed by atoms with Crippen molar-refractivity contribution in [3.8, 4) is 0 Å². The van der Waals surface area contributed by atoms with E-state index < -0.39 is 5.63 Å². The van der Waals surface area contributed by atoms with Gasteiger partial charge in [0.25, 0.3) is 0 Å². The number of para-hydroxylation sites is 1. The van der Waals surface area contributed by atoms with E-state index in [-0.39, 0.29) is 18.1 Å². The van der Waals surface area contributed by atoms with Gasteiger partial charge in [0.05, 0.1) is 6.54 Å². The second-order valence-corrected chi connectivity index (χ2v) is 5.06. The van der Waals surface area contributed by atoms with Crippen molar-refractivity contribution in [2.75, 3.05) is 38.0 Å². The zero-order valence-corrected chi connectivity index (χ0v) is 11.6. The van der Waals surface area contributed by atoms with Gasteiger partial charge in [0.1, 0.15) is 11.3 Å². The number of nitrogens with one attached hydrogen (secondary N) is 2. The Morgan fingerprint density at radius 2 is 2.05 bits per heavy atom. The lowest BCUT2D eigenvalue weighted by Crippen LogP contribution is -2.46. The quantitative estimate of drug-likeness (QED) is 0.810. The van der Waals surface area contributed by atoms with Gasteiger partial charge in [0, 0.05) is 31.6 Å². The highest BCUT2D eigenvalue weighted by Gasteiger charge is 2.15. The van der Waals surface area contributed by atoms with Gasteiger partial charge < -0.3 is 15.1 Å². The topological polar surface area (TPSA) is 74.6 Å². The predicted octanol–water partition coefficient (Wildman–Crippen LogP) is 0.637. The van der Waals surface area contributed by atoms with Gasteiger partial charge in [-0.25, -0.2) is 4.79 Å². The molecule has 2 heterocycles. The van der Waals surface area contributed by atoms with E-state index in [9.17, 15) is 9.59 Å². The largest absolute Gasteiger partial charge is 0.421 e. The predicted molar refractivity (Wildman–Crippen MR) is 80.4 cm³/mol. The Morgan fingerprint density at radius 3 is 2.86 bits per heavy atom. The molecule has 0 spiro atoms. The lowest BCUT2D eigenvalue weighted by molar-refractivity contribution is -0.117. The number of amides is 1. The summed E-state index contributed by atoms with van der Waals surface area (Å²) < 4.78 is 5.19. The number of piperazine rings is 1. The van der Waals surface area contributed by atoms with Crippen LogP contribution in [0.2, 0.25) is 0 Å². The van der Waals surface area contributed by atoms with Crippen LogP contribution in [0.25, 0.3) is 11.0 Å². The van der Waals surface area contributed by atoms with Gasteiger partial charge in [-0.3, -0.25) is 9.69 Å². The number of carbonyl (C=O) groups excluding carboxylic acids is 1. The molecule has 0 saturated carbocycles. The van der Waals surface area contributed by atoms with Crippen molar-refractivity contribution in [2.45, 2.75) is 0 Å². The number of hydrogen-bond donors (Lipinski definition) is 2. The zero-order chi connectivity index (χ0) is 14.7. The Labute approximate surface area is 121 Å². The molecule has 1 aliphatic heterocycles. The summed E-state index contributed by atoms with van der Waals surface area (Å²) in [5.41, 5.74) is 0.179. The van der Waals surface area contributed by atoms with Gasteiger partial charge in [-0.1, -0.05) is 18.2 Å². The summed E-state index contributed by atoms with van der Waals surface area (Å²) in [6, 6.07) is 8.87. The van der Waals surface area contributed by atoms with Gasteiger partial charge >= 0.3 is 5.63 Å². The van der Waals surface area contributed by atoms with Crippen molar-refractivity contribution in [3.05, 3.63) is 40.8 Å². The maximum atomic E-state index is 12.0. The number of fused-ring (bicyclic) bond motifs is 1. The van der Waals surface area contributed by atoms with E-state index in [1.807, 2.05) is 12.1 Å². The van der Waals surface area contributed by atoms with Gasteiger partial charge in [-0.2, -0.15) is 0 Å². The highest BCUT2D eigenvalue weighted by atomic mass is 16.4. The molecule has 1 amide bonds. The van der Waals surface area contributed by atoms with Crippen LogP contribution in [0, 0.1) is 0 Å². The highest BCUT2D eigenvalue weighted by molar-refractivity contribution is 5.93. The molecule has 0 atom stereocenters. The third kappa shape index (κ3) is 3.29. The summed E-state index contributed by atoms with van der Waals surface area (Å²) in [6.07, 6.45) is 0. The Morgan fingerprint density at radius 1 is 1.29 bits per heavy atom. The van der Waals surface area contributed by atoms with Crippen LogP contribution in [0.15, 0.2) is 39.5 Å². The molecule has 1 fully saturated rings. The molecule has 1 saturated heterocycles. The van der Waals surface area contributed by atoms with Crippen LogP contribution >= 0.6 is 0 Å². The first-order valence-electron chi connectivity index (χ1n) is 6.98. The molecule has 0 radical (unpaired) electrons. The minimum atomic E-state index is -0.526. The van der Waals surface area contributed by atoms with Crippen molar-refractivity contribution in [1.29, 1.82) is 0 Å². The first kappa shape index (κ1) is 13.8. The summed E-state index contributed by atoms with van der Waals surface area (Å²) >= 11 is 0. The summed E-state index contributed by atoms with van der Waals surface area (Å²) in [5.74, 6) is -0.195. The van der Waals surface area contributed by atoms with Crippen LogP contribution < -0.4 is 16.3 Å². The van der Waals surface area contributed by atoms with E-state index >= 15 is 0 Å². The first-order valence-corrected chi connectivity index (χ1v) is 6.98. The van der Waals surface area contributed by atoms with Crippen LogP contribution in [0.1, 0.15) is 0 Å². The van der Waals surface area contributed by atoms with Crippen molar-refractivity contribution in [3.63, 3.8) is 0 Å². The van der Waals surface area contributed by atoms with Gasteiger partial charge in [-0.15, -0.1) is 0 Å². The van der Waals surface area contributed by atoms with Gasteiger partial charge in [0.2, 0.25) is 5.91 Å². The normalized spacial score (nSPS) is 16.0. The SMILES string of the molecule is O=C(CN1CCNCC1)Nc1cc2ccccc2oc1=O. The number of anilines is 1. The fraction of sp³-hybridized carbons (Fsp3) is 0.333. The minimum Gasteiger partial charge on any atom is -0.421 e. The molecule has 21 heavy (non-hydrogen) atoms. The maximum Gasteiger partial charge on any atom is 0.360 e. The van der Waals surface area contributed by atoms with Crippen molar-refractivity contribution < 1.29 is 9.21 Å². The molecule has 1 aromatic carbocycles. The number of rotatable bonds is 3. The number of nitrogens with zero attached hydrogens (tertiary/aromatic N) is 1. The molecular formula is C15H17N3O3. The van der Waals surface area contributed by atoms with E-state index in [1.165, 1.54) is 0 Å². The Hall–Kier alpha value is -2.18. The van der Waals surface area contributed by atoms with E-state index in [4.69, 9.17) is 4.42 Å². The van der Waals surface area contributed by atoms with E-state index in [2.05, 4.69) is 15.5 Å². The Balaban J connectivity index is 1.73. The molecule has 0 unspecified atom stereocenters. The Bertz CT molecular complexity index is 705. The van der Waals surface area contributed by atoms with Crippen LogP contribution in [-0.2, 0) is 4.79 Å². The lowest BCUT2D eigenvalue weighted by atomic mass is 10.2. The highest BCUT2D eigenvalue weighted by Crippen LogP contribution is 2.14. The molecule has 6 nitrogen and oxygen atoms in total. The van der Waals surface area contributed by atoms with Crippen LogP contribution in [-0.4, -0.2) is 43.5 Å². The van der Waals surface area contributed by atoms with Crippen LogP contribution in [0.3, 0.4) is 0 Å². The molecule has 1 aliphatic rings. The average molecular weight is 287 g/mol. The van der Waals surface area contributed by atoms with Crippen molar-refractivity contribution in [1.82, 2.24) is 10.2 Å². The lowest BCUT2D eigenvalue weighted by Gasteiger charge is -2.26.